The number of nitrogens with one attached hydrogen (secondary N) is 1. The van der Waals surface area contributed by atoms with Gasteiger partial charge in [0.1, 0.15) is 6.20 Å². The molecule has 76 valence electrons. The molecule has 1 saturated heterocycles. The minimum absolute atomic E-state index is 0.0662. The number of hydrogen-bond donors (Lipinski definition) is 1. The predicted octanol–water partition coefficient (Wildman–Crippen LogP) is 0.716. The summed E-state index contributed by atoms with van der Waals surface area (Å²) >= 11 is 0. The second kappa shape index (κ2) is 3.75. The van der Waals surface area contributed by atoms with Gasteiger partial charge >= 0.3 is 5.82 Å². The van der Waals surface area contributed by atoms with Gasteiger partial charge in [-0.25, -0.2) is 0 Å². The molecule has 0 atom stereocenters. The van der Waals surface area contributed by atoms with Crippen molar-refractivity contribution >= 4 is 5.82 Å². The number of nitro groups is 1. The van der Waals surface area contributed by atoms with Gasteiger partial charge in [0, 0.05) is 6.04 Å². The average molecular weight is 196 g/mol. The third-order valence-electron chi connectivity index (χ3n) is 2.51. The fourth-order valence-electron chi connectivity index (χ4n) is 1.72. The maximum Gasteiger partial charge on any atom is 0.381 e. The molecular weight excluding hydrogens is 184 g/mol. The predicted molar refractivity (Wildman–Crippen MR) is 50.0 cm³/mol. The molecule has 2 heterocycles. The molecule has 1 aliphatic rings. The third kappa shape index (κ3) is 1.74. The van der Waals surface area contributed by atoms with Crippen LogP contribution < -0.4 is 5.32 Å². The van der Waals surface area contributed by atoms with E-state index in [-0.39, 0.29) is 5.82 Å². The molecule has 1 aromatic rings. The van der Waals surface area contributed by atoms with Crippen LogP contribution in [0.25, 0.3) is 0 Å². The normalized spacial score (nSPS) is 18.3. The fraction of sp³-hybridized carbons (Fsp3) is 0.625. The van der Waals surface area contributed by atoms with Crippen LogP contribution in [0.1, 0.15) is 18.9 Å². The van der Waals surface area contributed by atoms with E-state index in [1.807, 2.05) is 4.57 Å². The Morgan fingerprint density at radius 1 is 1.57 bits per heavy atom. The summed E-state index contributed by atoms with van der Waals surface area (Å²) in [6.07, 6.45) is 5.07. The van der Waals surface area contributed by atoms with Gasteiger partial charge in [-0.1, -0.05) is 0 Å². The highest BCUT2D eigenvalue weighted by atomic mass is 16.6. The van der Waals surface area contributed by atoms with E-state index in [1.54, 1.807) is 6.33 Å². The lowest BCUT2D eigenvalue weighted by atomic mass is 10.1. The number of nitrogens with zero attached hydrogens (tertiary/aromatic N) is 3. The highest BCUT2D eigenvalue weighted by Gasteiger charge is 2.18. The summed E-state index contributed by atoms with van der Waals surface area (Å²) in [5.74, 6) is -0.0662. The second-order valence-corrected chi connectivity index (χ2v) is 3.42. The number of piperidine rings is 1. The van der Waals surface area contributed by atoms with E-state index in [2.05, 4.69) is 10.3 Å². The molecule has 0 aliphatic carbocycles. The van der Waals surface area contributed by atoms with Crippen molar-refractivity contribution < 1.29 is 4.92 Å². The van der Waals surface area contributed by atoms with Crippen molar-refractivity contribution in [1.82, 2.24) is 14.9 Å². The van der Waals surface area contributed by atoms with Crippen LogP contribution in [-0.4, -0.2) is 27.6 Å². The third-order valence-corrected chi connectivity index (χ3v) is 2.51. The first-order valence-corrected chi connectivity index (χ1v) is 4.66. The summed E-state index contributed by atoms with van der Waals surface area (Å²) in [5, 5.41) is 13.7. The highest BCUT2D eigenvalue weighted by Crippen LogP contribution is 2.20. The Kier molecular flexibility index (Phi) is 2.45. The molecule has 1 N–H and O–H groups in total. The minimum Gasteiger partial charge on any atom is -0.358 e. The van der Waals surface area contributed by atoms with Gasteiger partial charge in [0.15, 0.2) is 0 Å². The van der Waals surface area contributed by atoms with E-state index in [4.69, 9.17) is 0 Å². The number of hydrogen-bond acceptors (Lipinski definition) is 4. The smallest absolute Gasteiger partial charge is 0.358 e. The van der Waals surface area contributed by atoms with Gasteiger partial charge in [-0.05, 0) is 35.8 Å². The fourth-order valence-corrected chi connectivity index (χ4v) is 1.72. The van der Waals surface area contributed by atoms with Crippen molar-refractivity contribution in [3.8, 4) is 0 Å². The molecule has 2 rings (SSSR count). The molecule has 0 bridgehead atoms. The lowest BCUT2D eigenvalue weighted by Crippen LogP contribution is -2.28. The molecule has 0 saturated carbocycles. The lowest BCUT2D eigenvalue weighted by molar-refractivity contribution is -0.389. The van der Waals surface area contributed by atoms with Crippen molar-refractivity contribution in [3.63, 3.8) is 0 Å². The summed E-state index contributed by atoms with van der Waals surface area (Å²) in [7, 11) is 0. The van der Waals surface area contributed by atoms with Crippen LogP contribution in [0.4, 0.5) is 5.82 Å². The zero-order valence-corrected chi connectivity index (χ0v) is 7.72. The summed E-state index contributed by atoms with van der Waals surface area (Å²) in [6, 6.07) is 0.359. The summed E-state index contributed by atoms with van der Waals surface area (Å²) in [4.78, 5) is 13.7. The Morgan fingerprint density at radius 3 is 2.86 bits per heavy atom. The molecule has 6 nitrogen and oxygen atoms in total. The number of aromatic nitrogens is 2. The van der Waals surface area contributed by atoms with Crippen LogP contribution >= 0.6 is 0 Å². The molecule has 1 fully saturated rings. The average Bonchev–Trinajstić information content (AvgIpc) is 2.68. The van der Waals surface area contributed by atoms with Crippen LogP contribution in [0.15, 0.2) is 12.5 Å². The zero-order valence-electron chi connectivity index (χ0n) is 7.72. The van der Waals surface area contributed by atoms with Crippen LogP contribution in [-0.2, 0) is 0 Å². The van der Waals surface area contributed by atoms with Crippen molar-refractivity contribution in [2.45, 2.75) is 18.9 Å². The van der Waals surface area contributed by atoms with Crippen molar-refractivity contribution in [2.24, 2.45) is 0 Å². The van der Waals surface area contributed by atoms with Crippen LogP contribution in [0.5, 0.6) is 0 Å². The zero-order chi connectivity index (χ0) is 9.97. The molecule has 0 aromatic carbocycles. The highest BCUT2D eigenvalue weighted by molar-refractivity contribution is 5.13. The molecule has 14 heavy (non-hydrogen) atoms. The van der Waals surface area contributed by atoms with Gasteiger partial charge < -0.3 is 20.0 Å². The standard InChI is InChI=1S/C8H12N4O2/c13-12(14)8-5-11(6-10-8)7-1-3-9-4-2-7/h5-7,9H,1-4H2. The molecule has 0 amide bonds. The van der Waals surface area contributed by atoms with E-state index in [9.17, 15) is 10.1 Å². The van der Waals surface area contributed by atoms with E-state index >= 15 is 0 Å². The molecule has 1 aliphatic heterocycles. The minimum atomic E-state index is -0.461. The van der Waals surface area contributed by atoms with Crippen LogP contribution in [0.2, 0.25) is 0 Å². The van der Waals surface area contributed by atoms with E-state index < -0.39 is 4.92 Å². The summed E-state index contributed by atoms with van der Waals surface area (Å²) in [5.41, 5.74) is 0. The van der Waals surface area contributed by atoms with Gasteiger partial charge in [-0.15, -0.1) is 0 Å². The van der Waals surface area contributed by atoms with Crippen LogP contribution in [0, 0.1) is 10.1 Å². The van der Waals surface area contributed by atoms with Gasteiger partial charge in [-0.3, -0.25) is 0 Å². The van der Waals surface area contributed by atoms with Crippen LogP contribution in [0.3, 0.4) is 0 Å². The molecule has 0 radical (unpaired) electrons. The Bertz CT molecular complexity index is 330. The first kappa shape index (κ1) is 9.14. The Morgan fingerprint density at radius 2 is 2.29 bits per heavy atom. The van der Waals surface area contributed by atoms with Gasteiger partial charge in [0.2, 0.25) is 6.33 Å². The van der Waals surface area contributed by atoms with E-state index in [1.165, 1.54) is 6.20 Å². The molecular formula is C8H12N4O2. The Labute approximate surface area is 81.1 Å². The van der Waals surface area contributed by atoms with Crippen molar-refractivity contribution in [2.75, 3.05) is 13.1 Å². The molecule has 0 spiro atoms. The van der Waals surface area contributed by atoms with Crippen molar-refractivity contribution in [1.29, 1.82) is 0 Å². The SMILES string of the molecule is O=[N+]([O-])c1cn(C2CCNCC2)cn1. The topological polar surface area (TPSA) is 73.0 Å². The largest absolute Gasteiger partial charge is 0.381 e. The first-order valence-electron chi connectivity index (χ1n) is 4.66. The van der Waals surface area contributed by atoms with Gasteiger partial charge in [0.05, 0.1) is 0 Å². The second-order valence-electron chi connectivity index (χ2n) is 3.42. The van der Waals surface area contributed by atoms with E-state index in [0.717, 1.165) is 25.9 Å². The molecule has 6 heteroatoms. The molecule has 0 unspecified atom stereocenters. The van der Waals surface area contributed by atoms with E-state index in [0.29, 0.717) is 6.04 Å². The monoisotopic (exact) mass is 196 g/mol. The number of rotatable bonds is 2. The maximum atomic E-state index is 10.4. The summed E-state index contributed by atoms with van der Waals surface area (Å²) in [6.45, 7) is 1.94. The van der Waals surface area contributed by atoms with Crippen molar-refractivity contribution in [3.05, 3.63) is 22.6 Å². The summed E-state index contributed by atoms with van der Waals surface area (Å²) < 4.78 is 1.85. The first-order chi connectivity index (χ1) is 6.77. The number of imidazole rings is 1. The Hall–Kier alpha value is -1.43. The van der Waals surface area contributed by atoms with Gasteiger partial charge in [-0.2, -0.15) is 0 Å². The quantitative estimate of drug-likeness (QED) is 0.558. The van der Waals surface area contributed by atoms with Gasteiger partial charge in [0.25, 0.3) is 0 Å². The maximum absolute atomic E-state index is 10.4. The molecule has 1 aromatic heterocycles. The lowest BCUT2D eigenvalue weighted by Gasteiger charge is -2.22. The Balaban J connectivity index is 2.11.